The molecule has 2 fully saturated rings. The van der Waals surface area contributed by atoms with Crippen LogP contribution in [0.3, 0.4) is 0 Å². The van der Waals surface area contributed by atoms with E-state index in [1.807, 2.05) is 12.1 Å². The Morgan fingerprint density at radius 2 is 2.14 bits per heavy atom. The van der Waals surface area contributed by atoms with Crippen LogP contribution in [-0.2, 0) is 6.54 Å². The van der Waals surface area contributed by atoms with E-state index in [-0.39, 0.29) is 0 Å². The Labute approximate surface area is 128 Å². The average Bonchev–Trinajstić information content (AvgIpc) is 2.93. The van der Waals surface area contributed by atoms with Crippen LogP contribution in [0.1, 0.15) is 51.0 Å². The minimum absolute atomic E-state index is 0.357. The van der Waals surface area contributed by atoms with Crippen molar-refractivity contribution in [1.29, 1.82) is 0 Å². The summed E-state index contributed by atoms with van der Waals surface area (Å²) in [7, 11) is 0. The number of nitrogens with zero attached hydrogens (tertiary/aromatic N) is 1. The highest BCUT2D eigenvalue weighted by Crippen LogP contribution is 2.38. The molecule has 3 heteroatoms. The van der Waals surface area contributed by atoms with Crippen molar-refractivity contribution in [3.63, 3.8) is 0 Å². The molecule has 1 aromatic carbocycles. The first-order valence-electron chi connectivity index (χ1n) is 8.48. The molecule has 0 aromatic heterocycles. The first kappa shape index (κ1) is 14.9. The van der Waals surface area contributed by atoms with Gasteiger partial charge in [0, 0.05) is 31.2 Å². The molecule has 2 aliphatic rings. The number of hydrogen-bond donors (Lipinski definition) is 2. The van der Waals surface area contributed by atoms with E-state index in [0.29, 0.717) is 17.3 Å². The Balaban J connectivity index is 1.76. The van der Waals surface area contributed by atoms with Gasteiger partial charge in [-0.05, 0) is 37.0 Å². The number of rotatable bonds is 4. The second kappa shape index (κ2) is 6.37. The lowest BCUT2D eigenvalue weighted by Gasteiger charge is -2.48. The largest absolute Gasteiger partial charge is 0.508 e. The molecule has 1 spiro atoms. The summed E-state index contributed by atoms with van der Waals surface area (Å²) in [6, 6.07) is 8.39. The van der Waals surface area contributed by atoms with Gasteiger partial charge in [0.2, 0.25) is 0 Å². The van der Waals surface area contributed by atoms with Crippen LogP contribution in [0.5, 0.6) is 5.75 Å². The van der Waals surface area contributed by atoms with Crippen molar-refractivity contribution >= 4 is 0 Å². The Kier molecular flexibility index (Phi) is 4.51. The summed E-state index contributed by atoms with van der Waals surface area (Å²) in [5.74, 6) is 0.383. The number of benzene rings is 1. The molecular weight excluding hydrogens is 260 g/mol. The second-order valence-electron chi connectivity index (χ2n) is 6.85. The molecule has 2 N–H and O–H groups in total. The molecular formula is C18H28N2O. The van der Waals surface area contributed by atoms with E-state index in [2.05, 4.69) is 23.2 Å². The second-order valence-corrected chi connectivity index (χ2v) is 6.85. The van der Waals surface area contributed by atoms with Crippen LogP contribution in [-0.4, -0.2) is 34.7 Å². The van der Waals surface area contributed by atoms with Crippen LogP contribution in [0, 0.1) is 0 Å². The van der Waals surface area contributed by atoms with Crippen molar-refractivity contribution in [3.05, 3.63) is 29.8 Å². The molecule has 1 aliphatic heterocycles. The third kappa shape index (κ3) is 3.24. The molecule has 21 heavy (non-hydrogen) atoms. The zero-order valence-electron chi connectivity index (χ0n) is 13.1. The van der Waals surface area contributed by atoms with Gasteiger partial charge in [0.1, 0.15) is 5.75 Å². The minimum atomic E-state index is 0.357. The SMILES string of the molecule is CCCC1CN(Cc2cccc(O)c2)C2(CCCC2)CN1. The van der Waals surface area contributed by atoms with Gasteiger partial charge in [-0.15, -0.1) is 0 Å². The lowest BCUT2D eigenvalue weighted by atomic mass is 9.89. The minimum Gasteiger partial charge on any atom is -0.508 e. The van der Waals surface area contributed by atoms with E-state index in [0.717, 1.165) is 19.6 Å². The molecule has 1 unspecified atom stereocenters. The summed E-state index contributed by atoms with van der Waals surface area (Å²) < 4.78 is 0. The number of nitrogens with one attached hydrogen (secondary N) is 1. The summed E-state index contributed by atoms with van der Waals surface area (Å²) in [6.45, 7) is 5.51. The predicted octanol–water partition coefficient (Wildman–Crippen LogP) is 3.28. The molecule has 116 valence electrons. The molecule has 1 heterocycles. The summed E-state index contributed by atoms with van der Waals surface area (Å²) in [6.07, 6.45) is 7.85. The molecule has 0 amide bonds. The molecule has 1 aliphatic carbocycles. The first-order valence-corrected chi connectivity index (χ1v) is 8.48. The van der Waals surface area contributed by atoms with E-state index < -0.39 is 0 Å². The molecule has 1 saturated carbocycles. The Morgan fingerprint density at radius 1 is 1.33 bits per heavy atom. The zero-order valence-corrected chi connectivity index (χ0v) is 13.1. The Hall–Kier alpha value is -1.06. The van der Waals surface area contributed by atoms with Crippen molar-refractivity contribution in [2.24, 2.45) is 0 Å². The van der Waals surface area contributed by atoms with Crippen LogP contribution in [0.4, 0.5) is 0 Å². The van der Waals surface area contributed by atoms with Crippen molar-refractivity contribution in [1.82, 2.24) is 10.2 Å². The van der Waals surface area contributed by atoms with E-state index >= 15 is 0 Å². The monoisotopic (exact) mass is 288 g/mol. The van der Waals surface area contributed by atoms with E-state index in [1.54, 1.807) is 6.07 Å². The third-order valence-electron chi connectivity index (χ3n) is 5.29. The van der Waals surface area contributed by atoms with Crippen LogP contribution in [0.2, 0.25) is 0 Å². The van der Waals surface area contributed by atoms with Gasteiger partial charge in [-0.3, -0.25) is 4.90 Å². The quantitative estimate of drug-likeness (QED) is 0.892. The van der Waals surface area contributed by atoms with Crippen molar-refractivity contribution in [2.45, 2.75) is 63.6 Å². The van der Waals surface area contributed by atoms with Gasteiger partial charge in [0.25, 0.3) is 0 Å². The maximum atomic E-state index is 9.70. The van der Waals surface area contributed by atoms with E-state index in [1.165, 1.54) is 44.1 Å². The fourth-order valence-corrected chi connectivity index (χ4v) is 4.15. The Bertz CT molecular complexity index is 468. The predicted molar refractivity (Wildman–Crippen MR) is 86.4 cm³/mol. The van der Waals surface area contributed by atoms with Gasteiger partial charge in [0.15, 0.2) is 0 Å². The highest BCUT2D eigenvalue weighted by molar-refractivity contribution is 5.27. The lowest BCUT2D eigenvalue weighted by Crippen LogP contribution is -2.63. The van der Waals surface area contributed by atoms with E-state index in [4.69, 9.17) is 0 Å². The summed E-state index contributed by atoms with van der Waals surface area (Å²) in [5, 5.41) is 13.5. The molecule has 0 radical (unpaired) electrons. The van der Waals surface area contributed by atoms with Gasteiger partial charge in [-0.25, -0.2) is 0 Å². The third-order valence-corrected chi connectivity index (χ3v) is 5.29. The fraction of sp³-hybridized carbons (Fsp3) is 0.667. The number of phenolic OH excluding ortho intramolecular Hbond substituents is 1. The number of phenols is 1. The number of piperazine rings is 1. The standard InChI is InChI=1S/C18H28N2O/c1-2-6-16-13-20(12-15-7-5-8-17(21)11-15)18(14-19-16)9-3-4-10-18/h5,7-8,11,16,19,21H,2-4,6,9-10,12-14H2,1H3. The van der Waals surface area contributed by atoms with Crippen LogP contribution in [0.25, 0.3) is 0 Å². The summed E-state index contributed by atoms with van der Waals surface area (Å²) in [4.78, 5) is 2.70. The molecule has 1 atom stereocenters. The van der Waals surface area contributed by atoms with Crippen LogP contribution in [0.15, 0.2) is 24.3 Å². The van der Waals surface area contributed by atoms with Crippen LogP contribution < -0.4 is 5.32 Å². The maximum absolute atomic E-state index is 9.70. The maximum Gasteiger partial charge on any atom is 0.115 e. The topological polar surface area (TPSA) is 35.5 Å². The molecule has 3 rings (SSSR count). The summed E-state index contributed by atoms with van der Waals surface area (Å²) >= 11 is 0. The van der Waals surface area contributed by atoms with Gasteiger partial charge in [0.05, 0.1) is 0 Å². The Morgan fingerprint density at radius 3 is 2.86 bits per heavy atom. The van der Waals surface area contributed by atoms with Gasteiger partial charge < -0.3 is 10.4 Å². The zero-order chi connectivity index (χ0) is 14.7. The first-order chi connectivity index (χ1) is 10.2. The normalized spacial score (nSPS) is 25.5. The average molecular weight is 288 g/mol. The van der Waals surface area contributed by atoms with Gasteiger partial charge in [-0.1, -0.05) is 38.3 Å². The van der Waals surface area contributed by atoms with Crippen molar-refractivity contribution < 1.29 is 5.11 Å². The molecule has 1 aromatic rings. The number of hydrogen-bond acceptors (Lipinski definition) is 3. The number of aromatic hydroxyl groups is 1. The van der Waals surface area contributed by atoms with Gasteiger partial charge in [-0.2, -0.15) is 0 Å². The highest BCUT2D eigenvalue weighted by atomic mass is 16.3. The fourth-order valence-electron chi connectivity index (χ4n) is 4.15. The lowest BCUT2D eigenvalue weighted by molar-refractivity contribution is 0.0338. The summed E-state index contributed by atoms with van der Waals surface area (Å²) in [5.41, 5.74) is 1.59. The van der Waals surface area contributed by atoms with Crippen LogP contribution >= 0.6 is 0 Å². The smallest absolute Gasteiger partial charge is 0.115 e. The van der Waals surface area contributed by atoms with Gasteiger partial charge >= 0.3 is 0 Å². The van der Waals surface area contributed by atoms with Crippen molar-refractivity contribution in [3.8, 4) is 5.75 Å². The molecule has 3 nitrogen and oxygen atoms in total. The molecule has 1 saturated heterocycles. The van der Waals surface area contributed by atoms with Crippen molar-refractivity contribution in [2.75, 3.05) is 13.1 Å². The molecule has 0 bridgehead atoms. The van der Waals surface area contributed by atoms with E-state index in [9.17, 15) is 5.11 Å². The highest BCUT2D eigenvalue weighted by Gasteiger charge is 2.43.